The Morgan fingerprint density at radius 3 is 1.22 bits per heavy atom. The third-order valence-electron chi connectivity index (χ3n) is 2.11. The van der Waals surface area contributed by atoms with Crippen LogP contribution in [0.25, 0.3) is 11.1 Å². The van der Waals surface area contributed by atoms with E-state index >= 15 is 0 Å². The van der Waals surface area contributed by atoms with Crippen LogP contribution in [-0.4, -0.2) is 0 Å². The predicted molar refractivity (Wildman–Crippen MR) is 72.2 cm³/mol. The fourth-order valence-corrected chi connectivity index (χ4v) is 1.34. The molecule has 2 rings (SSSR count). The van der Waals surface area contributed by atoms with Crippen LogP contribution in [0.1, 0.15) is 0 Å². The fraction of sp³-hybridized carbons (Fsp3) is 0. The van der Waals surface area contributed by atoms with Crippen molar-refractivity contribution in [2.75, 3.05) is 0 Å². The Hall–Kier alpha value is -2.84. The highest BCUT2D eigenvalue weighted by atomic mass is 14.2. The number of benzene rings is 2. The summed E-state index contributed by atoms with van der Waals surface area (Å²) < 4.78 is 0. The molecule has 0 N–H and O–H groups in total. The summed E-state index contributed by atoms with van der Waals surface area (Å²) >= 11 is 0. The first-order valence-corrected chi connectivity index (χ1v) is 5.43. The first-order valence-electron chi connectivity index (χ1n) is 5.43. The van der Waals surface area contributed by atoms with Crippen LogP contribution in [0, 0.1) is 22.7 Å². The van der Waals surface area contributed by atoms with Crippen molar-refractivity contribution in [2.24, 2.45) is 0 Å². The molecule has 2 aromatic rings. The smallest absolute Gasteiger partial charge is 0.0919 e. The van der Waals surface area contributed by atoms with Crippen LogP contribution < -0.4 is 0 Å². The molecule has 0 aliphatic carbocycles. The number of nitriles is 2. The maximum Gasteiger partial charge on any atom is 0.0919 e. The van der Waals surface area contributed by atoms with Crippen molar-refractivity contribution >= 4 is 0 Å². The normalized spacial score (nSPS) is 8.78. The molecule has 0 saturated heterocycles. The van der Waals surface area contributed by atoms with Gasteiger partial charge in [-0.05, 0) is 11.1 Å². The van der Waals surface area contributed by atoms with Crippen molar-refractivity contribution in [1.82, 2.24) is 0 Å². The molecule has 0 spiro atoms. The molecule has 0 unspecified atom stereocenters. The average Bonchev–Trinajstić information content (AvgIpc) is 2.48. The molecular formula is C16H12N2. The van der Waals surface area contributed by atoms with E-state index in [2.05, 4.69) is 48.5 Å². The van der Waals surface area contributed by atoms with E-state index in [-0.39, 0.29) is 0 Å². The van der Waals surface area contributed by atoms with E-state index in [4.69, 9.17) is 10.5 Å². The Labute approximate surface area is 107 Å². The molecule has 18 heavy (non-hydrogen) atoms. The van der Waals surface area contributed by atoms with Gasteiger partial charge in [0.25, 0.3) is 0 Å². The van der Waals surface area contributed by atoms with Crippen LogP contribution in [0.4, 0.5) is 0 Å². The lowest BCUT2D eigenvalue weighted by molar-refractivity contribution is 1.52. The summed E-state index contributed by atoms with van der Waals surface area (Å²) in [6, 6.07) is 24.1. The van der Waals surface area contributed by atoms with Crippen molar-refractivity contribution in [3.05, 3.63) is 72.8 Å². The minimum atomic E-state index is 1.12. The minimum Gasteiger partial charge on any atom is -0.193 e. The van der Waals surface area contributed by atoms with Crippen LogP contribution >= 0.6 is 0 Å². The number of nitrogens with zero attached hydrogens (tertiary/aromatic N) is 2. The molecule has 2 nitrogen and oxygen atoms in total. The zero-order valence-corrected chi connectivity index (χ0v) is 9.82. The van der Waals surface area contributed by atoms with Crippen LogP contribution in [0.3, 0.4) is 0 Å². The van der Waals surface area contributed by atoms with Crippen molar-refractivity contribution in [3.8, 4) is 23.3 Å². The Bertz CT molecular complexity index is 504. The first-order chi connectivity index (χ1) is 8.88. The van der Waals surface area contributed by atoms with Gasteiger partial charge in [-0.3, -0.25) is 0 Å². The quantitative estimate of drug-likeness (QED) is 0.699. The van der Waals surface area contributed by atoms with E-state index in [9.17, 15) is 0 Å². The fourth-order valence-electron chi connectivity index (χ4n) is 1.34. The SMILES string of the molecule is N#C/C=C/C#N.c1ccc(-c2ccccc2)cc1. The van der Waals surface area contributed by atoms with Crippen LogP contribution in [0.2, 0.25) is 0 Å². The van der Waals surface area contributed by atoms with Gasteiger partial charge in [0.15, 0.2) is 0 Å². The van der Waals surface area contributed by atoms with E-state index < -0.39 is 0 Å². The second-order valence-electron chi connectivity index (χ2n) is 3.32. The number of hydrogen-bond donors (Lipinski definition) is 0. The lowest BCUT2D eigenvalue weighted by Gasteiger charge is -1.98. The van der Waals surface area contributed by atoms with E-state index in [1.807, 2.05) is 12.1 Å². The number of hydrogen-bond acceptors (Lipinski definition) is 2. The van der Waals surface area contributed by atoms with Crippen molar-refractivity contribution in [1.29, 1.82) is 10.5 Å². The maximum atomic E-state index is 7.71. The molecule has 0 saturated carbocycles. The molecular weight excluding hydrogens is 220 g/mol. The van der Waals surface area contributed by atoms with Crippen molar-refractivity contribution in [3.63, 3.8) is 0 Å². The summed E-state index contributed by atoms with van der Waals surface area (Å²) in [6.07, 6.45) is 2.25. The molecule has 0 bridgehead atoms. The Morgan fingerprint density at radius 2 is 0.944 bits per heavy atom. The summed E-state index contributed by atoms with van der Waals surface area (Å²) in [5.74, 6) is 0. The third kappa shape index (κ3) is 4.79. The number of rotatable bonds is 1. The number of allylic oxidation sites excluding steroid dienone is 2. The second kappa shape index (κ2) is 8.33. The largest absolute Gasteiger partial charge is 0.193 e. The molecule has 0 aliphatic heterocycles. The molecule has 0 heterocycles. The summed E-state index contributed by atoms with van der Waals surface area (Å²) in [5, 5.41) is 15.4. The standard InChI is InChI=1S/C12H10.C4H2N2/c1-3-7-11(8-4-1)12-9-5-2-6-10-12;5-3-1-2-4-6/h1-10H;1-2H/b;2-1+. The lowest BCUT2D eigenvalue weighted by atomic mass is 10.1. The van der Waals surface area contributed by atoms with Crippen LogP contribution in [-0.2, 0) is 0 Å². The van der Waals surface area contributed by atoms with Gasteiger partial charge in [0.1, 0.15) is 0 Å². The van der Waals surface area contributed by atoms with Gasteiger partial charge < -0.3 is 0 Å². The molecule has 0 atom stereocenters. The molecule has 0 aliphatic rings. The average molecular weight is 232 g/mol. The molecule has 0 amide bonds. The third-order valence-corrected chi connectivity index (χ3v) is 2.11. The first kappa shape index (κ1) is 13.2. The zero-order chi connectivity index (χ0) is 13.1. The van der Waals surface area contributed by atoms with Gasteiger partial charge in [0.2, 0.25) is 0 Å². The Morgan fingerprint density at radius 1 is 0.611 bits per heavy atom. The molecule has 86 valence electrons. The van der Waals surface area contributed by atoms with Gasteiger partial charge in [-0.2, -0.15) is 10.5 Å². The van der Waals surface area contributed by atoms with E-state index in [1.54, 1.807) is 12.1 Å². The van der Waals surface area contributed by atoms with Gasteiger partial charge in [-0.25, -0.2) is 0 Å². The summed E-state index contributed by atoms with van der Waals surface area (Å²) in [5.41, 5.74) is 2.55. The van der Waals surface area contributed by atoms with E-state index in [0.717, 1.165) is 12.2 Å². The van der Waals surface area contributed by atoms with Gasteiger partial charge in [-0.15, -0.1) is 0 Å². The lowest BCUT2D eigenvalue weighted by Crippen LogP contribution is -1.73. The predicted octanol–water partition coefficient (Wildman–Crippen LogP) is 3.94. The highest BCUT2D eigenvalue weighted by Gasteiger charge is 1.91. The second-order valence-corrected chi connectivity index (χ2v) is 3.32. The van der Waals surface area contributed by atoms with E-state index in [1.165, 1.54) is 11.1 Å². The zero-order valence-electron chi connectivity index (χ0n) is 9.82. The highest BCUT2D eigenvalue weighted by Crippen LogP contribution is 2.17. The monoisotopic (exact) mass is 232 g/mol. The van der Waals surface area contributed by atoms with Crippen molar-refractivity contribution < 1.29 is 0 Å². The van der Waals surface area contributed by atoms with E-state index in [0.29, 0.717) is 0 Å². The molecule has 0 fully saturated rings. The maximum absolute atomic E-state index is 7.71. The summed E-state index contributed by atoms with van der Waals surface area (Å²) in [6.45, 7) is 0. The summed E-state index contributed by atoms with van der Waals surface area (Å²) in [4.78, 5) is 0. The van der Waals surface area contributed by atoms with Gasteiger partial charge in [0, 0.05) is 12.2 Å². The molecule has 2 heteroatoms. The van der Waals surface area contributed by atoms with Gasteiger partial charge >= 0.3 is 0 Å². The molecule has 0 aromatic heterocycles. The van der Waals surface area contributed by atoms with Crippen LogP contribution in [0.15, 0.2) is 72.8 Å². The minimum absolute atomic E-state index is 1.12. The van der Waals surface area contributed by atoms with Crippen molar-refractivity contribution in [2.45, 2.75) is 0 Å². The van der Waals surface area contributed by atoms with Gasteiger partial charge in [-0.1, -0.05) is 60.7 Å². The highest BCUT2D eigenvalue weighted by molar-refractivity contribution is 5.62. The Kier molecular flexibility index (Phi) is 6.12. The topological polar surface area (TPSA) is 47.6 Å². The van der Waals surface area contributed by atoms with Crippen LogP contribution in [0.5, 0.6) is 0 Å². The molecule has 0 radical (unpaired) electrons. The molecule has 2 aromatic carbocycles. The Balaban J connectivity index is 0.000000232. The van der Waals surface area contributed by atoms with Gasteiger partial charge in [0.05, 0.1) is 12.1 Å². The summed E-state index contributed by atoms with van der Waals surface area (Å²) in [7, 11) is 0.